The molecule has 0 amide bonds. The minimum atomic E-state index is -0.0954. The van der Waals surface area contributed by atoms with Gasteiger partial charge in [0.2, 0.25) is 0 Å². The molecular weight excluding hydrogens is 262 g/mol. The Morgan fingerprint density at radius 3 is 2.81 bits per heavy atom. The SMILES string of the molecule is CCCCCNC1CC(C)(CC)Oc2cc(OC)ccc21. The van der Waals surface area contributed by atoms with E-state index in [9.17, 15) is 0 Å². The monoisotopic (exact) mass is 291 g/mol. The van der Waals surface area contributed by atoms with E-state index in [1.165, 1.54) is 24.8 Å². The lowest BCUT2D eigenvalue weighted by molar-refractivity contribution is 0.0439. The van der Waals surface area contributed by atoms with Crippen LogP contribution < -0.4 is 14.8 Å². The van der Waals surface area contributed by atoms with Crippen molar-refractivity contribution in [1.29, 1.82) is 0 Å². The van der Waals surface area contributed by atoms with Gasteiger partial charge in [-0.25, -0.2) is 0 Å². The van der Waals surface area contributed by atoms with E-state index in [1.807, 2.05) is 12.1 Å². The third kappa shape index (κ3) is 3.91. The van der Waals surface area contributed by atoms with E-state index in [-0.39, 0.29) is 5.60 Å². The molecule has 1 aromatic carbocycles. The highest BCUT2D eigenvalue weighted by Crippen LogP contribution is 2.42. The van der Waals surface area contributed by atoms with Crippen LogP contribution in [0.4, 0.5) is 0 Å². The van der Waals surface area contributed by atoms with Crippen molar-refractivity contribution in [2.45, 2.75) is 64.5 Å². The first-order valence-corrected chi connectivity index (χ1v) is 8.22. The quantitative estimate of drug-likeness (QED) is 0.752. The molecule has 0 radical (unpaired) electrons. The normalized spacial score (nSPS) is 24.3. The Hall–Kier alpha value is -1.22. The van der Waals surface area contributed by atoms with Gasteiger partial charge >= 0.3 is 0 Å². The summed E-state index contributed by atoms with van der Waals surface area (Å²) in [5, 5.41) is 3.72. The molecule has 0 spiro atoms. The Bertz CT molecular complexity index is 461. The van der Waals surface area contributed by atoms with Crippen molar-refractivity contribution in [1.82, 2.24) is 5.32 Å². The predicted octanol–water partition coefficient (Wildman–Crippen LogP) is 4.47. The van der Waals surface area contributed by atoms with Crippen molar-refractivity contribution in [2.24, 2.45) is 0 Å². The molecular formula is C18H29NO2. The molecule has 0 aliphatic carbocycles. The zero-order valence-electron chi connectivity index (χ0n) is 13.9. The van der Waals surface area contributed by atoms with Gasteiger partial charge in [0.05, 0.1) is 7.11 Å². The summed E-state index contributed by atoms with van der Waals surface area (Å²) in [6.07, 6.45) is 5.82. The van der Waals surface area contributed by atoms with Crippen LogP contribution in [0.1, 0.15) is 64.5 Å². The van der Waals surface area contributed by atoms with Crippen LogP contribution >= 0.6 is 0 Å². The largest absolute Gasteiger partial charge is 0.497 e. The molecule has 0 aromatic heterocycles. The fourth-order valence-electron chi connectivity index (χ4n) is 2.92. The van der Waals surface area contributed by atoms with Gasteiger partial charge < -0.3 is 14.8 Å². The second-order valence-corrected chi connectivity index (χ2v) is 6.23. The number of unbranched alkanes of at least 4 members (excludes halogenated alkanes) is 2. The highest BCUT2D eigenvalue weighted by atomic mass is 16.5. The summed E-state index contributed by atoms with van der Waals surface area (Å²) in [6.45, 7) is 7.71. The summed E-state index contributed by atoms with van der Waals surface area (Å²) in [4.78, 5) is 0. The Morgan fingerprint density at radius 1 is 1.33 bits per heavy atom. The molecule has 21 heavy (non-hydrogen) atoms. The maximum atomic E-state index is 6.25. The molecule has 1 N–H and O–H groups in total. The van der Waals surface area contributed by atoms with Crippen molar-refractivity contribution in [3.05, 3.63) is 23.8 Å². The third-order valence-electron chi connectivity index (χ3n) is 4.51. The molecule has 1 heterocycles. The standard InChI is InChI=1S/C18H29NO2/c1-5-7-8-11-19-16-13-18(3,6-2)21-17-12-14(20-4)9-10-15(16)17/h9-10,12,16,19H,5-8,11,13H2,1-4H3. The summed E-state index contributed by atoms with van der Waals surface area (Å²) in [7, 11) is 1.70. The number of hydrogen-bond acceptors (Lipinski definition) is 3. The van der Waals surface area contributed by atoms with E-state index >= 15 is 0 Å². The van der Waals surface area contributed by atoms with Gasteiger partial charge in [0.25, 0.3) is 0 Å². The molecule has 0 saturated carbocycles. The summed E-state index contributed by atoms with van der Waals surface area (Å²) in [5.41, 5.74) is 1.17. The highest BCUT2D eigenvalue weighted by Gasteiger charge is 2.35. The summed E-state index contributed by atoms with van der Waals surface area (Å²) in [5.74, 6) is 1.83. The van der Waals surface area contributed by atoms with Crippen molar-refractivity contribution < 1.29 is 9.47 Å². The number of nitrogens with one attached hydrogen (secondary N) is 1. The molecule has 2 unspecified atom stereocenters. The Morgan fingerprint density at radius 2 is 2.14 bits per heavy atom. The van der Waals surface area contributed by atoms with Crippen LogP contribution in [0.3, 0.4) is 0 Å². The lowest BCUT2D eigenvalue weighted by Gasteiger charge is -2.40. The molecule has 1 aromatic rings. The van der Waals surface area contributed by atoms with Crippen molar-refractivity contribution in [3.8, 4) is 11.5 Å². The molecule has 3 heteroatoms. The van der Waals surface area contributed by atoms with E-state index in [1.54, 1.807) is 7.11 Å². The number of rotatable bonds is 7. The average Bonchev–Trinajstić information content (AvgIpc) is 2.50. The van der Waals surface area contributed by atoms with E-state index in [2.05, 4.69) is 32.2 Å². The topological polar surface area (TPSA) is 30.5 Å². The highest BCUT2D eigenvalue weighted by molar-refractivity contribution is 5.44. The van der Waals surface area contributed by atoms with E-state index in [4.69, 9.17) is 9.47 Å². The molecule has 0 bridgehead atoms. The second-order valence-electron chi connectivity index (χ2n) is 6.23. The molecule has 2 atom stereocenters. The molecule has 1 aliphatic rings. The van der Waals surface area contributed by atoms with Crippen molar-refractivity contribution in [2.75, 3.05) is 13.7 Å². The van der Waals surface area contributed by atoms with Crippen molar-refractivity contribution >= 4 is 0 Å². The van der Waals surface area contributed by atoms with Crippen LogP contribution in [-0.4, -0.2) is 19.3 Å². The first-order chi connectivity index (χ1) is 10.1. The maximum Gasteiger partial charge on any atom is 0.128 e. The number of ether oxygens (including phenoxy) is 2. The van der Waals surface area contributed by atoms with E-state index < -0.39 is 0 Å². The summed E-state index contributed by atoms with van der Waals surface area (Å²) >= 11 is 0. The Labute approximate surface area is 129 Å². The predicted molar refractivity (Wildman–Crippen MR) is 87.2 cm³/mol. The molecule has 2 rings (SSSR count). The van der Waals surface area contributed by atoms with Gasteiger partial charge in [-0.05, 0) is 32.4 Å². The van der Waals surface area contributed by atoms with Gasteiger partial charge in [-0.3, -0.25) is 0 Å². The minimum Gasteiger partial charge on any atom is -0.497 e. The number of methoxy groups -OCH3 is 1. The zero-order valence-corrected chi connectivity index (χ0v) is 13.9. The van der Waals surface area contributed by atoms with Gasteiger partial charge in [-0.15, -0.1) is 0 Å². The van der Waals surface area contributed by atoms with E-state index in [0.29, 0.717) is 6.04 Å². The Balaban J connectivity index is 2.16. The molecule has 118 valence electrons. The van der Waals surface area contributed by atoms with Crippen LogP contribution in [0.2, 0.25) is 0 Å². The molecule has 0 fully saturated rings. The minimum absolute atomic E-state index is 0.0954. The first kappa shape index (κ1) is 16.2. The maximum absolute atomic E-state index is 6.25. The van der Waals surface area contributed by atoms with Gasteiger partial charge in [-0.2, -0.15) is 0 Å². The lowest BCUT2D eigenvalue weighted by atomic mass is 9.86. The fraction of sp³-hybridized carbons (Fsp3) is 0.667. The van der Waals surface area contributed by atoms with Crippen LogP contribution in [0, 0.1) is 0 Å². The van der Waals surface area contributed by atoms with Gasteiger partial charge in [0, 0.05) is 24.1 Å². The van der Waals surface area contributed by atoms with Crippen LogP contribution in [-0.2, 0) is 0 Å². The van der Waals surface area contributed by atoms with Crippen LogP contribution in [0.5, 0.6) is 11.5 Å². The summed E-state index contributed by atoms with van der Waals surface area (Å²) in [6, 6.07) is 6.56. The average molecular weight is 291 g/mol. The first-order valence-electron chi connectivity index (χ1n) is 8.22. The summed E-state index contributed by atoms with van der Waals surface area (Å²) < 4.78 is 11.6. The lowest BCUT2D eigenvalue weighted by Crippen LogP contribution is -2.41. The fourth-order valence-corrected chi connectivity index (χ4v) is 2.92. The molecule has 1 aliphatic heterocycles. The molecule has 3 nitrogen and oxygen atoms in total. The smallest absolute Gasteiger partial charge is 0.128 e. The number of hydrogen-bond donors (Lipinski definition) is 1. The van der Waals surface area contributed by atoms with Crippen molar-refractivity contribution in [3.63, 3.8) is 0 Å². The number of fused-ring (bicyclic) bond motifs is 1. The number of benzene rings is 1. The second kappa shape index (κ2) is 7.17. The van der Waals surface area contributed by atoms with Crippen LogP contribution in [0.25, 0.3) is 0 Å². The van der Waals surface area contributed by atoms with Gasteiger partial charge in [0.1, 0.15) is 17.1 Å². The van der Waals surface area contributed by atoms with Gasteiger partial charge in [-0.1, -0.05) is 32.8 Å². The third-order valence-corrected chi connectivity index (χ3v) is 4.51. The van der Waals surface area contributed by atoms with Gasteiger partial charge in [0.15, 0.2) is 0 Å². The molecule has 0 saturated heterocycles. The zero-order chi connectivity index (χ0) is 15.3. The Kier molecular flexibility index (Phi) is 5.51. The van der Waals surface area contributed by atoms with E-state index in [0.717, 1.165) is 30.9 Å². The van der Waals surface area contributed by atoms with Crippen LogP contribution in [0.15, 0.2) is 18.2 Å².